The molecule has 6 heteroatoms. The van der Waals surface area contributed by atoms with Crippen LogP contribution < -0.4 is 11.1 Å². The van der Waals surface area contributed by atoms with Gasteiger partial charge in [0.05, 0.1) is 29.2 Å². The quantitative estimate of drug-likeness (QED) is 0.669. The number of halogens is 2. The van der Waals surface area contributed by atoms with E-state index >= 15 is 0 Å². The third kappa shape index (κ3) is 3.28. The minimum atomic E-state index is -0.627. The zero-order valence-electron chi connectivity index (χ0n) is 11.3. The molecule has 21 heavy (non-hydrogen) atoms. The molecule has 0 unspecified atom stereocenters. The lowest BCUT2D eigenvalue weighted by atomic mass is 10.1. The van der Waals surface area contributed by atoms with Crippen molar-refractivity contribution < 1.29 is 18.3 Å². The number of nitrogen functional groups attached to an aromatic ring is 1. The van der Waals surface area contributed by atoms with Gasteiger partial charge in [-0.15, -0.1) is 0 Å². The molecule has 0 aliphatic rings. The van der Waals surface area contributed by atoms with Gasteiger partial charge in [0.25, 0.3) is 0 Å². The predicted octanol–water partition coefficient (Wildman–Crippen LogP) is 3.47. The van der Waals surface area contributed by atoms with Crippen molar-refractivity contribution in [1.82, 2.24) is 0 Å². The van der Waals surface area contributed by atoms with Crippen LogP contribution in [0.5, 0.6) is 0 Å². The average molecular weight is 292 g/mol. The number of nitrogens with one attached hydrogen (secondary N) is 1. The number of benzene rings is 2. The SMILES string of the molecule is CCOC(=O)c1cccc(Nc2cc(F)ccc2F)c1N. The van der Waals surface area contributed by atoms with Gasteiger partial charge in [0.1, 0.15) is 11.6 Å². The number of ether oxygens (including phenoxy) is 1. The van der Waals surface area contributed by atoms with Crippen LogP contribution in [0.15, 0.2) is 36.4 Å². The second-order valence-electron chi connectivity index (χ2n) is 4.24. The van der Waals surface area contributed by atoms with Crippen molar-refractivity contribution >= 4 is 23.0 Å². The molecule has 0 bridgehead atoms. The molecule has 0 aromatic heterocycles. The minimum absolute atomic E-state index is 0.0669. The van der Waals surface area contributed by atoms with E-state index in [1.54, 1.807) is 19.1 Å². The van der Waals surface area contributed by atoms with Crippen molar-refractivity contribution in [3.05, 3.63) is 53.6 Å². The van der Waals surface area contributed by atoms with Crippen LogP contribution in [0.2, 0.25) is 0 Å². The molecule has 2 aromatic carbocycles. The molecule has 0 amide bonds. The highest BCUT2D eigenvalue weighted by Gasteiger charge is 2.14. The van der Waals surface area contributed by atoms with Crippen molar-refractivity contribution in [2.75, 3.05) is 17.7 Å². The zero-order valence-corrected chi connectivity index (χ0v) is 11.3. The smallest absolute Gasteiger partial charge is 0.340 e. The Labute approximate surface area is 120 Å². The maximum absolute atomic E-state index is 13.6. The minimum Gasteiger partial charge on any atom is -0.462 e. The molecule has 4 nitrogen and oxygen atoms in total. The monoisotopic (exact) mass is 292 g/mol. The van der Waals surface area contributed by atoms with Crippen LogP contribution in [0.4, 0.5) is 25.8 Å². The Balaban J connectivity index is 2.35. The molecule has 0 fully saturated rings. The molecule has 0 saturated heterocycles. The maximum atomic E-state index is 13.6. The van der Waals surface area contributed by atoms with Crippen LogP contribution in [-0.4, -0.2) is 12.6 Å². The van der Waals surface area contributed by atoms with Crippen LogP contribution in [0.3, 0.4) is 0 Å². The first-order valence-electron chi connectivity index (χ1n) is 6.30. The Morgan fingerprint density at radius 3 is 2.71 bits per heavy atom. The fourth-order valence-electron chi connectivity index (χ4n) is 1.80. The topological polar surface area (TPSA) is 64.3 Å². The lowest BCUT2D eigenvalue weighted by Crippen LogP contribution is -2.09. The van der Waals surface area contributed by atoms with E-state index in [1.165, 1.54) is 6.07 Å². The summed E-state index contributed by atoms with van der Waals surface area (Å²) < 4.78 is 31.6. The second-order valence-corrected chi connectivity index (χ2v) is 4.24. The average Bonchev–Trinajstić information content (AvgIpc) is 2.45. The van der Waals surface area contributed by atoms with Crippen LogP contribution in [-0.2, 0) is 4.74 Å². The highest BCUT2D eigenvalue weighted by molar-refractivity contribution is 5.98. The molecule has 0 heterocycles. The third-order valence-electron chi connectivity index (χ3n) is 2.80. The fourth-order valence-corrected chi connectivity index (χ4v) is 1.80. The van der Waals surface area contributed by atoms with E-state index in [9.17, 15) is 13.6 Å². The van der Waals surface area contributed by atoms with E-state index in [4.69, 9.17) is 10.5 Å². The van der Waals surface area contributed by atoms with Gasteiger partial charge in [0.15, 0.2) is 0 Å². The number of nitrogens with two attached hydrogens (primary N) is 1. The van der Waals surface area contributed by atoms with Gasteiger partial charge >= 0.3 is 5.97 Å². The van der Waals surface area contributed by atoms with Crippen molar-refractivity contribution in [3.8, 4) is 0 Å². The summed E-state index contributed by atoms with van der Waals surface area (Å²) in [5.74, 6) is -1.78. The summed E-state index contributed by atoms with van der Waals surface area (Å²) in [5, 5.41) is 2.67. The summed E-state index contributed by atoms with van der Waals surface area (Å²) in [7, 11) is 0. The van der Waals surface area contributed by atoms with Crippen LogP contribution >= 0.6 is 0 Å². The first-order chi connectivity index (χ1) is 10.0. The van der Waals surface area contributed by atoms with Gasteiger partial charge in [0, 0.05) is 6.07 Å². The molecule has 0 saturated carbocycles. The molecular formula is C15H14F2N2O2. The molecule has 110 valence electrons. The van der Waals surface area contributed by atoms with Gasteiger partial charge in [-0.3, -0.25) is 0 Å². The van der Waals surface area contributed by atoms with Gasteiger partial charge in [-0.05, 0) is 31.2 Å². The zero-order chi connectivity index (χ0) is 15.4. The van der Waals surface area contributed by atoms with Gasteiger partial charge in [0.2, 0.25) is 0 Å². The van der Waals surface area contributed by atoms with Crippen LogP contribution in [0.1, 0.15) is 17.3 Å². The van der Waals surface area contributed by atoms with E-state index < -0.39 is 17.6 Å². The number of para-hydroxylation sites is 1. The largest absolute Gasteiger partial charge is 0.462 e. The number of hydrogen-bond donors (Lipinski definition) is 2. The van der Waals surface area contributed by atoms with Gasteiger partial charge in [-0.1, -0.05) is 6.07 Å². The summed E-state index contributed by atoms with van der Waals surface area (Å²) in [4.78, 5) is 11.7. The Bertz CT molecular complexity index is 675. The normalized spacial score (nSPS) is 10.2. The first-order valence-corrected chi connectivity index (χ1v) is 6.30. The van der Waals surface area contributed by atoms with Crippen molar-refractivity contribution in [2.45, 2.75) is 6.92 Å². The van der Waals surface area contributed by atoms with Gasteiger partial charge in [-0.2, -0.15) is 0 Å². The van der Waals surface area contributed by atoms with Crippen LogP contribution in [0, 0.1) is 11.6 Å². The van der Waals surface area contributed by atoms with Gasteiger partial charge < -0.3 is 15.8 Å². The summed E-state index contributed by atoms with van der Waals surface area (Å²) in [6, 6.07) is 7.65. The standard InChI is InChI=1S/C15H14F2N2O2/c1-2-21-15(20)10-4-3-5-12(14(10)18)19-13-8-9(16)6-7-11(13)17/h3-8,19H,2,18H2,1H3. The molecule has 0 spiro atoms. The van der Waals surface area contributed by atoms with E-state index in [0.29, 0.717) is 5.69 Å². The fraction of sp³-hybridized carbons (Fsp3) is 0.133. The summed E-state index contributed by atoms with van der Waals surface area (Å²) in [6.07, 6.45) is 0. The molecule has 3 N–H and O–H groups in total. The molecular weight excluding hydrogens is 278 g/mol. The van der Waals surface area contributed by atoms with E-state index in [2.05, 4.69) is 5.32 Å². The lowest BCUT2D eigenvalue weighted by Gasteiger charge is -2.13. The van der Waals surface area contributed by atoms with E-state index in [0.717, 1.165) is 18.2 Å². The van der Waals surface area contributed by atoms with E-state index in [1.807, 2.05) is 0 Å². The first kappa shape index (κ1) is 14.8. The number of carbonyl (C=O) groups excluding carboxylic acids is 1. The van der Waals surface area contributed by atoms with Crippen molar-refractivity contribution in [3.63, 3.8) is 0 Å². The Morgan fingerprint density at radius 1 is 1.24 bits per heavy atom. The Kier molecular flexibility index (Phi) is 4.37. The number of esters is 1. The van der Waals surface area contributed by atoms with E-state index in [-0.39, 0.29) is 23.5 Å². The highest BCUT2D eigenvalue weighted by atomic mass is 19.1. The molecule has 2 rings (SSSR count). The number of anilines is 3. The number of hydrogen-bond acceptors (Lipinski definition) is 4. The molecule has 0 aliphatic heterocycles. The number of carbonyl (C=O) groups is 1. The highest BCUT2D eigenvalue weighted by Crippen LogP contribution is 2.28. The van der Waals surface area contributed by atoms with Crippen LogP contribution in [0.25, 0.3) is 0 Å². The Morgan fingerprint density at radius 2 is 2.00 bits per heavy atom. The lowest BCUT2D eigenvalue weighted by molar-refractivity contribution is 0.0527. The molecule has 2 aromatic rings. The maximum Gasteiger partial charge on any atom is 0.340 e. The van der Waals surface area contributed by atoms with Gasteiger partial charge in [-0.25, -0.2) is 13.6 Å². The number of rotatable bonds is 4. The Hall–Kier alpha value is -2.63. The molecule has 0 atom stereocenters. The molecule has 0 aliphatic carbocycles. The molecule has 0 radical (unpaired) electrons. The summed E-state index contributed by atoms with van der Waals surface area (Å²) in [5.41, 5.74) is 6.38. The van der Waals surface area contributed by atoms with Crippen molar-refractivity contribution in [2.24, 2.45) is 0 Å². The predicted molar refractivity (Wildman–Crippen MR) is 76.5 cm³/mol. The van der Waals surface area contributed by atoms with Crippen molar-refractivity contribution in [1.29, 1.82) is 0 Å². The summed E-state index contributed by atoms with van der Waals surface area (Å²) in [6.45, 7) is 1.90. The second kappa shape index (κ2) is 6.21. The summed E-state index contributed by atoms with van der Waals surface area (Å²) >= 11 is 0. The third-order valence-corrected chi connectivity index (χ3v) is 2.80.